The van der Waals surface area contributed by atoms with E-state index >= 15 is 0 Å². The summed E-state index contributed by atoms with van der Waals surface area (Å²) in [5.74, 6) is 5.18. The Bertz CT molecular complexity index is 989. The fourth-order valence-electron chi connectivity index (χ4n) is 3.07. The number of aromatic nitrogens is 2. The summed E-state index contributed by atoms with van der Waals surface area (Å²) in [4.78, 5) is 8.66. The molecule has 0 radical (unpaired) electrons. The number of nitrogens with zero attached hydrogens (tertiary/aromatic N) is 2. The number of benzene rings is 2. The molecule has 0 amide bonds. The minimum atomic E-state index is 0.530. The van der Waals surface area contributed by atoms with E-state index in [9.17, 15) is 0 Å². The monoisotopic (exact) mass is 364 g/mol. The molecule has 0 bridgehead atoms. The maximum Gasteiger partial charge on any atom is 0.205 e. The van der Waals surface area contributed by atoms with Gasteiger partial charge in [-0.15, -0.1) is 0 Å². The van der Waals surface area contributed by atoms with Gasteiger partial charge in [-0.1, -0.05) is 36.0 Å². The molecular formula is C21H20N2O2S. The van der Waals surface area contributed by atoms with Crippen LogP contribution in [0, 0.1) is 18.1 Å². The van der Waals surface area contributed by atoms with Gasteiger partial charge in [0.25, 0.3) is 0 Å². The van der Waals surface area contributed by atoms with E-state index in [1.54, 1.807) is 14.2 Å². The lowest BCUT2D eigenvalue weighted by molar-refractivity contribution is 0.404. The van der Waals surface area contributed by atoms with Crippen molar-refractivity contribution in [1.29, 1.82) is 0 Å². The van der Waals surface area contributed by atoms with Crippen molar-refractivity contribution in [2.75, 3.05) is 20.5 Å². The first-order chi connectivity index (χ1) is 12.7. The summed E-state index contributed by atoms with van der Waals surface area (Å²) in [6.45, 7) is 2.06. The average molecular weight is 364 g/mol. The van der Waals surface area contributed by atoms with Gasteiger partial charge in [-0.3, -0.25) is 0 Å². The Hall–Kier alpha value is -2.71. The summed E-state index contributed by atoms with van der Waals surface area (Å²) in [5.41, 5.74) is 3.14. The zero-order valence-corrected chi connectivity index (χ0v) is 16.1. The Balaban J connectivity index is 2.08. The summed E-state index contributed by atoms with van der Waals surface area (Å²) in [6.07, 6.45) is 6.21. The Morgan fingerprint density at radius 3 is 2.19 bits per heavy atom. The molecule has 0 aliphatic heterocycles. The smallest absolute Gasteiger partial charge is 0.205 e. The van der Waals surface area contributed by atoms with E-state index in [0.717, 1.165) is 39.0 Å². The Morgan fingerprint density at radius 2 is 1.62 bits per heavy atom. The van der Waals surface area contributed by atoms with E-state index in [4.69, 9.17) is 9.47 Å². The van der Waals surface area contributed by atoms with Gasteiger partial charge in [-0.2, -0.15) is 0 Å². The van der Waals surface area contributed by atoms with Crippen LogP contribution < -0.4 is 9.47 Å². The summed E-state index contributed by atoms with van der Waals surface area (Å²) < 4.78 is 11.5. The Kier molecular flexibility index (Phi) is 5.65. The Labute approximate surface area is 158 Å². The van der Waals surface area contributed by atoms with Crippen LogP contribution >= 0.6 is 11.8 Å². The van der Waals surface area contributed by atoms with Gasteiger partial charge in [0.2, 0.25) is 5.82 Å². The van der Waals surface area contributed by atoms with Crippen LogP contribution in [0.2, 0.25) is 0 Å². The minimum Gasteiger partial charge on any atom is -0.496 e. The molecule has 2 aromatic carbocycles. The zero-order chi connectivity index (χ0) is 18.5. The van der Waals surface area contributed by atoms with Gasteiger partial charge in [0.05, 0.1) is 14.2 Å². The van der Waals surface area contributed by atoms with Crippen LogP contribution in [0.25, 0.3) is 10.8 Å². The number of thioether (sulfide) groups is 1. The second-order valence-electron chi connectivity index (χ2n) is 5.74. The van der Waals surface area contributed by atoms with Gasteiger partial charge < -0.3 is 9.47 Å². The molecule has 1 aromatic heterocycles. The van der Waals surface area contributed by atoms with Crippen LogP contribution in [-0.4, -0.2) is 30.4 Å². The van der Waals surface area contributed by atoms with Gasteiger partial charge in [0.15, 0.2) is 0 Å². The number of hydrogen-bond acceptors (Lipinski definition) is 5. The van der Waals surface area contributed by atoms with Gasteiger partial charge in [0.1, 0.15) is 11.5 Å². The highest BCUT2D eigenvalue weighted by Crippen LogP contribution is 2.41. The normalized spacial score (nSPS) is 10.3. The standard InChI is InChI=1S/C21H20N2O2S/c1-14-18(11-15-12-22-19(23-13-15)9-10-26-4)21(25-3)17-8-6-5-7-16(17)20(14)24-2/h5-8,12-13H,11H2,1-4H3. The van der Waals surface area contributed by atoms with E-state index in [-0.39, 0.29) is 0 Å². The molecule has 5 heteroatoms. The summed E-state index contributed by atoms with van der Waals surface area (Å²) in [7, 11) is 3.40. The van der Waals surface area contributed by atoms with Crippen LogP contribution in [0.1, 0.15) is 22.5 Å². The van der Waals surface area contributed by atoms with Crippen molar-refractivity contribution in [3.63, 3.8) is 0 Å². The lowest BCUT2D eigenvalue weighted by atomic mass is 9.95. The molecular weight excluding hydrogens is 344 g/mol. The highest BCUT2D eigenvalue weighted by molar-refractivity contribution is 8.03. The SMILES string of the molecule is COc1c(C)c(Cc2cnc(C#CSC)nc2)c(OC)c2ccccc12. The van der Waals surface area contributed by atoms with Gasteiger partial charge in [0, 0.05) is 35.2 Å². The van der Waals surface area contributed by atoms with Crippen molar-refractivity contribution < 1.29 is 9.47 Å². The first-order valence-corrected chi connectivity index (χ1v) is 9.39. The van der Waals surface area contributed by atoms with Crippen molar-refractivity contribution in [3.8, 4) is 22.7 Å². The first kappa shape index (κ1) is 18.1. The van der Waals surface area contributed by atoms with Gasteiger partial charge in [-0.05, 0) is 35.5 Å². The summed E-state index contributed by atoms with van der Waals surface area (Å²) >= 11 is 1.44. The first-order valence-electron chi connectivity index (χ1n) is 8.16. The molecule has 3 aromatic rings. The molecule has 4 nitrogen and oxygen atoms in total. The van der Waals surface area contributed by atoms with Crippen molar-refractivity contribution in [1.82, 2.24) is 9.97 Å². The molecule has 0 aliphatic rings. The molecule has 0 aliphatic carbocycles. The van der Waals surface area contributed by atoms with E-state index in [1.807, 2.05) is 30.8 Å². The molecule has 0 atom stereocenters. The van der Waals surface area contributed by atoms with Crippen molar-refractivity contribution in [2.45, 2.75) is 13.3 Å². The van der Waals surface area contributed by atoms with Crippen molar-refractivity contribution in [2.24, 2.45) is 0 Å². The lowest BCUT2D eigenvalue weighted by Crippen LogP contribution is -2.02. The average Bonchev–Trinajstić information content (AvgIpc) is 2.68. The van der Waals surface area contributed by atoms with E-state index in [1.165, 1.54) is 11.8 Å². The molecule has 3 rings (SSSR count). The second kappa shape index (κ2) is 8.11. The van der Waals surface area contributed by atoms with Crippen LogP contribution in [0.5, 0.6) is 11.5 Å². The lowest BCUT2D eigenvalue weighted by Gasteiger charge is -2.18. The number of hydrogen-bond donors (Lipinski definition) is 0. The van der Waals surface area contributed by atoms with E-state index in [0.29, 0.717) is 12.2 Å². The topological polar surface area (TPSA) is 44.2 Å². The number of methoxy groups -OCH3 is 2. The number of ether oxygens (including phenoxy) is 2. The van der Waals surface area contributed by atoms with Crippen LogP contribution in [0.3, 0.4) is 0 Å². The number of rotatable bonds is 4. The molecule has 0 spiro atoms. The molecule has 0 saturated carbocycles. The van der Waals surface area contributed by atoms with E-state index < -0.39 is 0 Å². The molecule has 26 heavy (non-hydrogen) atoms. The molecule has 0 fully saturated rings. The maximum absolute atomic E-state index is 5.77. The van der Waals surface area contributed by atoms with Crippen molar-refractivity contribution in [3.05, 3.63) is 59.2 Å². The third-order valence-electron chi connectivity index (χ3n) is 4.24. The predicted octanol–water partition coefficient (Wildman–Crippen LogP) is 4.22. The van der Waals surface area contributed by atoms with Gasteiger partial charge in [-0.25, -0.2) is 9.97 Å². The van der Waals surface area contributed by atoms with Crippen LogP contribution in [0.4, 0.5) is 0 Å². The highest BCUT2D eigenvalue weighted by Gasteiger charge is 2.18. The second-order valence-corrected chi connectivity index (χ2v) is 6.35. The Morgan fingerprint density at radius 1 is 1.00 bits per heavy atom. The summed E-state index contributed by atoms with van der Waals surface area (Å²) in [6, 6.07) is 8.12. The predicted molar refractivity (Wildman–Crippen MR) is 107 cm³/mol. The van der Waals surface area contributed by atoms with Gasteiger partial charge >= 0.3 is 0 Å². The third-order valence-corrected chi connectivity index (χ3v) is 4.55. The summed E-state index contributed by atoms with van der Waals surface area (Å²) in [5, 5.41) is 4.99. The molecule has 0 N–H and O–H groups in total. The quantitative estimate of drug-likeness (QED) is 0.649. The number of fused-ring (bicyclic) bond motifs is 1. The largest absolute Gasteiger partial charge is 0.496 e. The van der Waals surface area contributed by atoms with Crippen molar-refractivity contribution >= 4 is 22.5 Å². The highest BCUT2D eigenvalue weighted by atomic mass is 32.2. The fraction of sp³-hybridized carbons (Fsp3) is 0.238. The van der Waals surface area contributed by atoms with Crippen LogP contribution in [0.15, 0.2) is 36.7 Å². The molecule has 0 saturated heterocycles. The molecule has 0 unspecified atom stereocenters. The van der Waals surface area contributed by atoms with Crippen LogP contribution in [-0.2, 0) is 6.42 Å². The third kappa shape index (κ3) is 3.47. The van der Waals surface area contributed by atoms with E-state index in [2.05, 4.69) is 40.2 Å². The molecule has 1 heterocycles. The minimum absolute atomic E-state index is 0.530. The molecule has 132 valence electrons. The zero-order valence-electron chi connectivity index (χ0n) is 15.3. The fourth-order valence-corrected chi connectivity index (χ4v) is 3.26. The maximum atomic E-state index is 5.77.